The van der Waals surface area contributed by atoms with Crippen molar-refractivity contribution in [1.29, 1.82) is 5.26 Å². The number of aryl methyl sites for hydroxylation is 2. The number of aromatic nitrogens is 2. The molecule has 0 aliphatic rings. The van der Waals surface area contributed by atoms with Gasteiger partial charge >= 0.3 is 0 Å². The lowest BCUT2D eigenvalue weighted by Crippen LogP contribution is -2.28. The third kappa shape index (κ3) is 5.48. The molecule has 0 atom stereocenters. The van der Waals surface area contributed by atoms with Crippen molar-refractivity contribution < 1.29 is 0 Å². The van der Waals surface area contributed by atoms with Crippen LogP contribution in [0, 0.1) is 18.3 Å². The van der Waals surface area contributed by atoms with Crippen LogP contribution < -0.4 is 5.56 Å². The van der Waals surface area contributed by atoms with Gasteiger partial charge in [-0.2, -0.15) is 5.26 Å². The van der Waals surface area contributed by atoms with Crippen LogP contribution in [0.15, 0.2) is 71.5 Å². The third-order valence-electron chi connectivity index (χ3n) is 6.00. The summed E-state index contributed by atoms with van der Waals surface area (Å²) in [6.07, 6.45) is 3.17. The Morgan fingerprint density at radius 1 is 1.00 bits per heavy atom. The molecule has 0 radical (unpaired) electrons. The molecule has 0 unspecified atom stereocenters. The molecule has 0 saturated carbocycles. The first-order chi connectivity index (χ1) is 16.9. The Hall–Kier alpha value is -3.39. The topological polar surface area (TPSA) is 58.7 Å². The van der Waals surface area contributed by atoms with Gasteiger partial charge in [-0.05, 0) is 60.7 Å². The summed E-state index contributed by atoms with van der Waals surface area (Å²) in [5.41, 5.74) is 5.48. The molecule has 1 heterocycles. The Morgan fingerprint density at radius 3 is 2.34 bits per heavy atom. The second-order valence-corrected chi connectivity index (χ2v) is 9.36. The van der Waals surface area contributed by atoms with E-state index in [9.17, 15) is 10.1 Å². The molecular weight excluding hydrogens is 477 g/mol. The van der Waals surface area contributed by atoms with Crippen molar-refractivity contribution in [2.24, 2.45) is 0 Å². The zero-order valence-electron chi connectivity index (χ0n) is 19.7. The van der Waals surface area contributed by atoms with Crippen LogP contribution in [0.25, 0.3) is 16.8 Å². The Bertz CT molecular complexity index is 1450. The van der Waals surface area contributed by atoms with Gasteiger partial charge in [-0.1, -0.05) is 79.0 Å². The highest BCUT2D eigenvalue weighted by Gasteiger charge is 2.17. The number of hydrogen-bond acceptors (Lipinski definition) is 3. The van der Waals surface area contributed by atoms with E-state index in [1.807, 2.05) is 55.5 Å². The minimum atomic E-state index is -0.110. The molecule has 0 aliphatic carbocycles. The Balaban J connectivity index is 1.77. The molecule has 4 rings (SSSR count). The highest BCUT2D eigenvalue weighted by atomic mass is 35.5. The number of rotatable bonds is 7. The Morgan fingerprint density at radius 2 is 1.69 bits per heavy atom. The van der Waals surface area contributed by atoms with Gasteiger partial charge in [0.25, 0.3) is 5.56 Å². The lowest BCUT2D eigenvalue weighted by atomic mass is 9.96. The molecule has 6 heteroatoms. The smallest absolute Gasteiger partial charge is 0.261 e. The summed E-state index contributed by atoms with van der Waals surface area (Å²) < 4.78 is 1.58. The van der Waals surface area contributed by atoms with E-state index in [4.69, 9.17) is 28.2 Å². The summed E-state index contributed by atoms with van der Waals surface area (Å²) in [7, 11) is 0. The fraction of sp³-hybridized carbons (Fsp3) is 0.207. The first kappa shape index (κ1) is 24.7. The fourth-order valence-corrected chi connectivity index (χ4v) is 4.77. The minimum Gasteiger partial charge on any atom is -0.269 e. The van der Waals surface area contributed by atoms with E-state index >= 15 is 0 Å². The lowest BCUT2D eigenvalue weighted by Gasteiger charge is -2.16. The Kier molecular flexibility index (Phi) is 7.70. The van der Waals surface area contributed by atoms with E-state index in [0.717, 1.165) is 41.6 Å². The molecule has 1 aromatic heterocycles. The second-order valence-electron chi connectivity index (χ2n) is 8.49. The molecule has 0 N–H and O–H groups in total. The van der Waals surface area contributed by atoms with Gasteiger partial charge in [-0.15, -0.1) is 0 Å². The molecule has 0 spiro atoms. The number of halogens is 2. The fourth-order valence-electron chi connectivity index (χ4n) is 4.26. The van der Waals surface area contributed by atoms with E-state index in [1.54, 1.807) is 22.8 Å². The van der Waals surface area contributed by atoms with Gasteiger partial charge in [0.15, 0.2) is 0 Å². The van der Waals surface area contributed by atoms with Crippen LogP contribution in [-0.2, 0) is 12.8 Å². The zero-order chi connectivity index (χ0) is 24.9. The van der Waals surface area contributed by atoms with Crippen molar-refractivity contribution in [2.45, 2.75) is 39.5 Å². The Labute approximate surface area is 215 Å². The molecule has 0 amide bonds. The van der Waals surface area contributed by atoms with Crippen molar-refractivity contribution in [2.75, 3.05) is 0 Å². The monoisotopic (exact) mass is 501 g/mol. The second kappa shape index (κ2) is 10.9. The summed E-state index contributed by atoms with van der Waals surface area (Å²) in [5, 5.41) is 10.4. The van der Waals surface area contributed by atoms with E-state index in [-0.39, 0.29) is 5.56 Å². The largest absolute Gasteiger partial charge is 0.269 e. The summed E-state index contributed by atoms with van der Waals surface area (Å²) in [6, 6.07) is 22.9. The average Bonchev–Trinajstić information content (AvgIpc) is 2.84. The first-order valence-corrected chi connectivity index (χ1v) is 12.3. The number of benzene rings is 3. The molecule has 4 nitrogen and oxygen atoms in total. The van der Waals surface area contributed by atoms with Crippen LogP contribution in [0.2, 0.25) is 10.0 Å². The number of hydrogen-bond donors (Lipinski definition) is 0. The van der Waals surface area contributed by atoms with Crippen LogP contribution in [0.4, 0.5) is 0 Å². The molecule has 0 fully saturated rings. The van der Waals surface area contributed by atoms with Crippen molar-refractivity contribution in [3.63, 3.8) is 0 Å². The molecule has 0 saturated heterocycles. The number of unbranched alkanes of at least 4 members (excludes halogenated alkanes) is 1. The predicted octanol–water partition coefficient (Wildman–Crippen LogP) is 7.32. The summed E-state index contributed by atoms with van der Waals surface area (Å²) >= 11 is 12.4. The molecule has 4 aromatic rings. The predicted molar refractivity (Wildman–Crippen MR) is 143 cm³/mol. The number of nitriles is 1. The molecule has 0 bridgehead atoms. The van der Waals surface area contributed by atoms with Crippen LogP contribution in [0.3, 0.4) is 0 Å². The van der Waals surface area contributed by atoms with Crippen LogP contribution >= 0.6 is 23.2 Å². The van der Waals surface area contributed by atoms with Crippen molar-refractivity contribution in [1.82, 2.24) is 9.55 Å². The third-order valence-corrected chi connectivity index (χ3v) is 6.43. The highest BCUT2D eigenvalue weighted by molar-refractivity contribution is 6.34. The number of nitrogens with zero attached hydrogens (tertiary/aromatic N) is 3. The van der Waals surface area contributed by atoms with Crippen molar-refractivity contribution in [3.05, 3.63) is 115 Å². The quantitative estimate of drug-likeness (QED) is 0.266. The summed E-state index contributed by atoms with van der Waals surface area (Å²) in [5.74, 6) is 0.603. The molecule has 0 aliphatic heterocycles. The molecule has 176 valence electrons. The maximum atomic E-state index is 13.8. The van der Waals surface area contributed by atoms with E-state index in [1.165, 1.54) is 0 Å². The van der Waals surface area contributed by atoms with Crippen molar-refractivity contribution >= 4 is 23.2 Å². The lowest BCUT2D eigenvalue weighted by molar-refractivity contribution is 0.733. The van der Waals surface area contributed by atoms with Gasteiger partial charge in [0.1, 0.15) is 5.82 Å². The maximum absolute atomic E-state index is 13.8. The van der Waals surface area contributed by atoms with E-state index in [0.29, 0.717) is 39.1 Å². The van der Waals surface area contributed by atoms with Crippen LogP contribution in [-0.4, -0.2) is 9.55 Å². The summed E-state index contributed by atoms with van der Waals surface area (Å²) in [6.45, 7) is 3.95. The molecular formula is C29H25Cl2N3O. The van der Waals surface area contributed by atoms with Crippen LogP contribution in [0.1, 0.15) is 48.0 Å². The maximum Gasteiger partial charge on any atom is 0.261 e. The van der Waals surface area contributed by atoms with E-state index < -0.39 is 0 Å². The van der Waals surface area contributed by atoms with Gasteiger partial charge in [0.05, 0.1) is 23.0 Å². The zero-order valence-corrected chi connectivity index (χ0v) is 21.2. The van der Waals surface area contributed by atoms with Gasteiger partial charge < -0.3 is 0 Å². The standard InChI is InChI=1S/C29H25Cl2N3O/c1-3-4-9-28-27(29(35)34(19(2)33-28)25-16-23(30)15-24(31)17-25)14-20-10-12-21(13-11-20)26-8-6-5-7-22(26)18-32/h5-8,10-13,15-17H,3-4,9,14H2,1-2H3. The minimum absolute atomic E-state index is 0.110. The van der Waals surface area contributed by atoms with Gasteiger partial charge in [-0.3, -0.25) is 9.36 Å². The molecule has 3 aromatic carbocycles. The van der Waals surface area contributed by atoms with Gasteiger partial charge in [0, 0.05) is 22.0 Å². The molecule has 35 heavy (non-hydrogen) atoms. The van der Waals surface area contributed by atoms with E-state index in [2.05, 4.69) is 13.0 Å². The normalized spacial score (nSPS) is 10.8. The first-order valence-electron chi connectivity index (χ1n) is 11.6. The van der Waals surface area contributed by atoms with Gasteiger partial charge in [-0.25, -0.2) is 4.98 Å². The highest BCUT2D eigenvalue weighted by Crippen LogP contribution is 2.25. The average molecular weight is 502 g/mol. The van der Waals surface area contributed by atoms with Crippen LogP contribution in [0.5, 0.6) is 0 Å². The van der Waals surface area contributed by atoms with Crippen molar-refractivity contribution in [3.8, 4) is 22.9 Å². The summed E-state index contributed by atoms with van der Waals surface area (Å²) in [4.78, 5) is 18.6. The SMILES string of the molecule is CCCCc1nc(C)n(-c2cc(Cl)cc(Cl)c2)c(=O)c1Cc1ccc(-c2ccccc2C#N)cc1. The van der Waals surface area contributed by atoms with Gasteiger partial charge in [0.2, 0.25) is 0 Å².